The van der Waals surface area contributed by atoms with Crippen molar-refractivity contribution in [2.75, 3.05) is 19.7 Å². The summed E-state index contributed by atoms with van der Waals surface area (Å²) in [6.07, 6.45) is 2.09. The van der Waals surface area contributed by atoms with E-state index in [1.165, 1.54) is 5.56 Å². The second-order valence-electron chi connectivity index (χ2n) is 5.60. The zero-order chi connectivity index (χ0) is 17.7. The monoisotopic (exact) mass is 337 g/mol. The molecule has 2 aromatic carbocycles. The van der Waals surface area contributed by atoms with Crippen LogP contribution in [0.4, 0.5) is 0 Å². The van der Waals surface area contributed by atoms with Crippen LogP contribution in [0.15, 0.2) is 54.6 Å². The minimum atomic E-state index is -0.767. The van der Waals surface area contributed by atoms with Gasteiger partial charge in [-0.2, -0.15) is 0 Å². The Morgan fingerprint density at radius 2 is 1.80 bits per heavy atom. The van der Waals surface area contributed by atoms with Crippen molar-refractivity contribution >= 4 is 5.97 Å². The summed E-state index contributed by atoms with van der Waals surface area (Å²) in [5, 5.41) is 11.7. The van der Waals surface area contributed by atoms with E-state index < -0.39 is 5.97 Å². The van der Waals surface area contributed by atoms with Crippen molar-refractivity contribution in [2.45, 2.75) is 19.3 Å². The van der Waals surface area contributed by atoms with E-state index in [2.05, 4.69) is 29.3 Å². The van der Waals surface area contributed by atoms with E-state index in [0.717, 1.165) is 30.7 Å². The Kier molecular flexibility index (Phi) is 8.10. The van der Waals surface area contributed by atoms with E-state index in [9.17, 15) is 4.79 Å². The maximum Gasteiger partial charge on any atom is 0.304 e. The van der Waals surface area contributed by atoms with Crippen molar-refractivity contribution in [2.24, 2.45) is 0 Å². The molecule has 0 radical (unpaired) electrons. The van der Waals surface area contributed by atoms with Crippen molar-refractivity contribution in [3.8, 4) is 17.6 Å². The molecule has 25 heavy (non-hydrogen) atoms. The molecule has 0 saturated heterocycles. The third-order valence-electron chi connectivity index (χ3n) is 3.58. The fraction of sp³-hybridized carbons (Fsp3) is 0.286. The topological polar surface area (TPSA) is 58.6 Å². The highest BCUT2D eigenvalue weighted by molar-refractivity contribution is 5.66. The van der Waals surface area contributed by atoms with Crippen molar-refractivity contribution in [3.63, 3.8) is 0 Å². The van der Waals surface area contributed by atoms with Gasteiger partial charge in [0.1, 0.15) is 12.4 Å². The highest BCUT2D eigenvalue weighted by Gasteiger charge is 1.97. The Morgan fingerprint density at radius 3 is 2.52 bits per heavy atom. The average molecular weight is 337 g/mol. The number of benzene rings is 2. The summed E-state index contributed by atoms with van der Waals surface area (Å²) in [4.78, 5) is 10.4. The minimum Gasteiger partial charge on any atom is -0.481 e. The summed E-state index contributed by atoms with van der Waals surface area (Å²) in [5.74, 6) is 6.11. The van der Waals surface area contributed by atoms with E-state index >= 15 is 0 Å². The molecule has 2 N–H and O–H groups in total. The number of nitrogens with one attached hydrogen (secondary N) is 1. The number of hydrogen-bond donors (Lipinski definition) is 2. The summed E-state index contributed by atoms with van der Waals surface area (Å²) < 4.78 is 5.62. The second kappa shape index (κ2) is 10.9. The molecule has 0 fully saturated rings. The van der Waals surface area contributed by atoms with Gasteiger partial charge < -0.3 is 15.2 Å². The normalized spacial score (nSPS) is 9.92. The fourth-order valence-electron chi connectivity index (χ4n) is 2.27. The van der Waals surface area contributed by atoms with Gasteiger partial charge in [-0.05, 0) is 49.2 Å². The molecule has 0 aromatic heterocycles. The summed E-state index contributed by atoms with van der Waals surface area (Å²) >= 11 is 0. The van der Waals surface area contributed by atoms with Gasteiger partial charge >= 0.3 is 5.97 Å². The van der Waals surface area contributed by atoms with E-state index in [1.807, 2.05) is 42.5 Å². The number of carbonyl (C=O) groups is 1. The smallest absolute Gasteiger partial charge is 0.304 e. The Hall–Kier alpha value is -2.77. The van der Waals surface area contributed by atoms with Crippen molar-refractivity contribution in [1.82, 2.24) is 5.32 Å². The maximum absolute atomic E-state index is 10.4. The quantitative estimate of drug-likeness (QED) is 0.545. The lowest BCUT2D eigenvalue weighted by molar-refractivity contribution is -0.136. The number of aryl methyl sites for hydroxylation is 1. The van der Waals surface area contributed by atoms with Gasteiger partial charge in [-0.1, -0.05) is 42.2 Å². The molecule has 0 aliphatic heterocycles. The molecular formula is C21H23NO3. The van der Waals surface area contributed by atoms with Crippen molar-refractivity contribution in [3.05, 3.63) is 65.7 Å². The zero-order valence-electron chi connectivity index (χ0n) is 14.2. The number of carboxylic acid groups (broad SMARTS) is 1. The van der Waals surface area contributed by atoms with Crippen LogP contribution < -0.4 is 10.1 Å². The predicted octanol–water partition coefficient (Wildman–Crippen LogP) is 3.11. The molecule has 0 bridgehead atoms. The standard InChI is InChI=1S/C21H23NO3/c23-21(24)14-16-22-15-4-8-19-10-12-20(13-11-19)25-17-5-9-18-6-2-1-3-7-18/h1-3,6-7,10-13,22H,4,8,14-17H2,(H,23,24). The molecule has 0 amide bonds. The Bertz CT molecular complexity index is 699. The largest absolute Gasteiger partial charge is 0.481 e. The first kappa shape index (κ1) is 18.6. The van der Waals surface area contributed by atoms with E-state index in [-0.39, 0.29) is 6.42 Å². The molecular weight excluding hydrogens is 314 g/mol. The third-order valence-corrected chi connectivity index (χ3v) is 3.58. The lowest BCUT2D eigenvalue weighted by atomic mass is 10.1. The fourth-order valence-corrected chi connectivity index (χ4v) is 2.27. The Balaban J connectivity index is 1.64. The van der Waals surface area contributed by atoms with Gasteiger partial charge in [-0.25, -0.2) is 0 Å². The van der Waals surface area contributed by atoms with Crippen LogP contribution in [-0.4, -0.2) is 30.8 Å². The first-order valence-corrected chi connectivity index (χ1v) is 8.42. The van der Waals surface area contributed by atoms with E-state index in [0.29, 0.717) is 13.2 Å². The molecule has 0 unspecified atom stereocenters. The number of hydrogen-bond acceptors (Lipinski definition) is 3. The molecule has 0 saturated carbocycles. The van der Waals surface area contributed by atoms with Crippen LogP contribution in [0.5, 0.6) is 5.75 Å². The third kappa shape index (κ3) is 8.05. The van der Waals surface area contributed by atoms with Crippen LogP contribution in [0, 0.1) is 11.8 Å². The van der Waals surface area contributed by atoms with Crippen molar-refractivity contribution in [1.29, 1.82) is 0 Å². The number of ether oxygens (including phenoxy) is 1. The average Bonchev–Trinajstić information content (AvgIpc) is 2.63. The lowest BCUT2D eigenvalue weighted by Gasteiger charge is -2.05. The second-order valence-corrected chi connectivity index (χ2v) is 5.60. The molecule has 4 heteroatoms. The molecule has 0 aliphatic carbocycles. The summed E-state index contributed by atoms with van der Waals surface area (Å²) in [5.41, 5.74) is 2.22. The van der Waals surface area contributed by atoms with Gasteiger partial charge in [0.25, 0.3) is 0 Å². The molecule has 2 aromatic rings. The Labute approximate surface area is 148 Å². The first-order chi connectivity index (χ1) is 12.2. The summed E-state index contributed by atoms with van der Waals surface area (Å²) in [6.45, 7) is 1.70. The van der Waals surface area contributed by atoms with Gasteiger partial charge in [0.05, 0.1) is 6.42 Å². The number of carboxylic acids is 1. The minimum absolute atomic E-state index is 0.166. The van der Waals surface area contributed by atoms with Gasteiger partial charge in [0.2, 0.25) is 0 Å². The van der Waals surface area contributed by atoms with Crippen LogP contribution in [0.25, 0.3) is 0 Å². The highest BCUT2D eigenvalue weighted by atomic mass is 16.5. The highest BCUT2D eigenvalue weighted by Crippen LogP contribution is 2.13. The molecule has 130 valence electrons. The predicted molar refractivity (Wildman–Crippen MR) is 98.7 cm³/mol. The molecule has 0 atom stereocenters. The summed E-state index contributed by atoms with van der Waals surface area (Å²) in [7, 11) is 0. The van der Waals surface area contributed by atoms with Gasteiger partial charge in [-0.15, -0.1) is 0 Å². The summed E-state index contributed by atoms with van der Waals surface area (Å²) in [6, 6.07) is 17.9. The molecule has 0 spiro atoms. The number of rotatable bonds is 9. The lowest BCUT2D eigenvalue weighted by Crippen LogP contribution is -2.19. The molecule has 2 rings (SSSR count). The van der Waals surface area contributed by atoms with Crippen LogP contribution in [-0.2, 0) is 11.2 Å². The van der Waals surface area contributed by atoms with Gasteiger partial charge in [0, 0.05) is 12.1 Å². The maximum atomic E-state index is 10.4. The van der Waals surface area contributed by atoms with Crippen molar-refractivity contribution < 1.29 is 14.6 Å². The molecule has 0 aliphatic rings. The van der Waals surface area contributed by atoms with Gasteiger partial charge in [-0.3, -0.25) is 4.79 Å². The van der Waals surface area contributed by atoms with E-state index in [1.54, 1.807) is 0 Å². The van der Waals surface area contributed by atoms with Crippen LogP contribution in [0.1, 0.15) is 24.0 Å². The van der Waals surface area contributed by atoms with Crippen LogP contribution >= 0.6 is 0 Å². The van der Waals surface area contributed by atoms with E-state index in [4.69, 9.17) is 9.84 Å². The Morgan fingerprint density at radius 1 is 1.04 bits per heavy atom. The molecule has 0 heterocycles. The number of aliphatic carboxylic acids is 1. The van der Waals surface area contributed by atoms with Crippen LogP contribution in [0.2, 0.25) is 0 Å². The zero-order valence-corrected chi connectivity index (χ0v) is 14.2. The molecule has 4 nitrogen and oxygen atoms in total. The first-order valence-electron chi connectivity index (χ1n) is 8.42. The van der Waals surface area contributed by atoms with Crippen LogP contribution in [0.3, 0.4) is 0 Å². The van der Waals surface area contributed by atoms with Gasteiger partial charge in [0.15, 0.2) is 0 Å². The SMILES string of the molecule is O=C(O)CCNCCCc1ccc(OCC#Cc2ccccc2)cc1.